The molecule has 0 bridgehead atoms. The third-order valence-electron chi connectivity index (χ3n) is 3.01. The van der Waals surface area contributed by atoms with Gasteiger partial charge in [0.2, 0.25) is 0 Å². The van der Waals surface area contributed by atoms with Crippen molar-refractivity contribution in [1.82, 2.24) is 9.78 Å². The van der Waals surface area contributed by atoms with Gasteiger partial charge in [0.05, 0.1) is 12.2 Å². The van der Waals surface area contributed by atoms with E-state index in [1.54, 1.807) is 6.20 Å². The molecule has 3 nitrogen and oxygen atoms in total. The molecule has 0 aliphatic carbocycles. The average Bonchev–Trinajstić information content (AvgIpc) is 2.69. The largest absolute Gasteiger partial charge is 0.383 e. The van der Waals surface area contributed by atoms with Gasteiger partial charge in [-0.15, -0.1) is 11.8 Å². The summed E-state index contributed by atoms with van der Waals surface area (Å²) in [6.07, 6.45) is 2.64. The number of fused-ring (bicyclic) bond motifs is 1. The van der Waals surface area contributed by atoms with Crippen molar-refractivity contribution in [2.24, 2.45) is 0 Å². The topological polar surface area (TPSA) is 43.8 Å². The fraction of sp³-hybridized carbons (Fsp3) is 0.250. The van der Waals surface area contributed by atoms with Crippen molar-refractivity contribution in [1.29, 1.82) is 0 Å². The highest BCUT2D eigenvalue weighted by Gasteiger charge is 2.24. The zero-order chi connectivity index (χ0) is 11.8. The second-order valence-electron chi connectivity index (χ2n) is 4.01. The summed E-state index contributed by atoms with van der Waals surface area (Å²) < 4.78 is 1.83. The number of hydrogen-bond donors (Lipinski definition) is 1. The molecule has 0 spiro atoms. The summed E-state index contributed by atoms with van der Waals surface area (Å²) in [5, 5.41) is 4.82. The normalized spacial score (nSPS) is 19.0. The minimum Gasteiger partial charge on any atom is -0.383 e. The lowest BCUT2D eigenvalue weighted by Gasteiger charge is -2.25. The highest BCUT2D eigenvalue weighted by atomic mass is 35.5. The van der Waals surface area contributed by atoms with Crippen LogP contribution in [0.2, 0.25) is 5.02 Å². The maximum Gasteiger partial charge on any atom is 0.141 e. The monoisotopic (exact) mass is 265 g/mol. The lowest BCUT2D eigenvalue weighted by Crippen LogP contribution is -2.18. The summed E-state index contributed by atoms with van der Waals surface area (Å²) >= 11 is 7.85. The number of nitrogen functional groups attached to an aromatic ring is 1. The molecule has 0 saturated heterocycles. The summed E-state index contributed by atoms with van der Waals surface area (Å²) in [5.41, 5.74) is 7.24. The van der Waals surface area contributed by atoms with E-state index < -0.39 is 0 Å². The Morgan fingerprint density at radius 2 is 2.24 bits per heavy atom. The molecule has 1 aliphatic rings. The number of thioether (sulfide) groups is 1. The maximum absolute atomic E-state index is 5.96. The number of nitrogens with two attached hydrogens (primary N) is 1. The van der Waals surface area contributed by atoms with Crippen molar-refractivity contribution >= 4 is 29.2 Å². The van der Waals surface area contributed by atoms with E-state index in [0.717, 1.165) is 12.2 Å². The van der Waals surface area contributed by atoms with E-state index in [9.17, 15) is 0 Å². The lowest BCUT2D eigenvalue weighted by molar-refractivity contribution is 0.507. The van der Waals surface area contributed by atoms with Crippen molar-refractivity contribution in [3.8, 4) is 0 Å². The molecule has 17 heavy (non-hydrogen) atoms. The van der Waals surface area contributed by atoms with Gasteiger partial charge in [-0.3, -0.25) is 0 Å². The van der Waals surface area contributed by atoms with E-state index in [1.807, 2.05) is 16.4 Å². The molecule has 1 aromatic carbocycles. The summed E-state index contributed by atoms with van der Waals surface area (Å²) in [7, 11) is 0. The lowest BCUT2D eigenvalue weighted by atomic mass is 10.0. The molecular formula is C12H12ClN3S. The van der Waals surface area contributed by atoms with Crippen molar-refractivity contribution in [2.75, 3.05) is 11.5 Å². The molecule has 2 aromatic rings. The van der Waals surface area contributed by atoms with E-state index in [-0.39, 0.29) is 6.04 Å². The Balaban J connectivity index is 2.09. The van der Waals surface area contributed by atoms with E-state index in [2.05, 4.69) is 29.4 Å². The summed E-state index contributed by atoms with van der Waals surface area (Å²) in [4.78, 5) is 1.31. The van der Waals surface area contributed by atoms with Crippen LogP contribution >= 0.6 is 23.4 Å². The number of nitrogens with zero attached hydrogens (tertiary/aromatic N) is 2. The minimum absolute atomic E-state index is 0.208. The van der Waals surface area contributed by atoms with Crippen LogP contribution in [0.4, 0.5) is 5.82 Å². The molecule has 0 fully saturated rings. The zero-order valence-corrected chi connectivity index (χ0v) is 10.7. The van der Waals surface area contributed by atoms with Crippen molar-refractivity contribution in [2.45, 2.75) is 17.4 Å². The predicted octanol–water partition coefficient (Wildman–Crippen LogP) is 3.20. The van der Waals surface area contributed by atoms with Crippen LogP contribution in [0.25, 0.3) is 0 Å². The predicted molar refractivity (Wildman–Crippen MR) is 71.6 cm³/mol. The van der Waals surface area contributed by atoms with Crippen LogP contribution in [-0.4, -0.2) is 15.5 Å². The van der Waals surface area contributed by atoms with Gasteiger partial charge in [-0.05, 0) is 18.1 Å². The molecule has 0 radical (unpaired) electrons. The average molecular weight is 266 g/mol. The molecule has 0 amide bonds. The number of rotatable bonds is 1. The molecular weight excluding hydrogens is 254 g/mol. The molecule has 1 aliphatic heterocycles. The SMILES string of the molecule is Nc1c(Cl)cnn1C1CCSc2ccccc21. The summed E-state index contributed by atoms with van der Waals surface area (Å²) in [6.45, 7) is 0. The molecule has 2 N–H and O–H groups in total. The van der Waals surface area contributed by atoms with Crippen molar-refractivity contribution in [3.63, 3.8) is 0 Å². The zero-order valence-electron chi connectivity index (χ0n) is 9.14. The smallest absolute Gasteiger partial charge is 0.141 e. The second kappa shape index (κ2) is 4.27. The Labute approximate surface area is 109 Å². The standard InChI is InChI=1S/C12H12ClN3S/c13-9-7-15-16(12(9)14)10-5-6-17-11-4-2-1-3-8(10)11/h1-4,7,10H,5-6,14H2. The number of aromatic nitrogens is 2. The maximum atomic E-state index is 5.96. The molecule has 1 aromatic heterocycles. The molecule has 88 valence electrons. The number of halogens is 1. The third kappa shape index (κ3) is 1.81. The van der Waals surface area contributed by atoms with Crippen LogP contribution in [-0.2, 0) is 0 Å². The number of benzene rings is 1. The van der Waals surface area contributed by atoms with Crippen molar-refractivity contribution in [3.05, 3.63) is 41.0 Å². The van der Waals surface area contributed by atoms with Crippen LogP contribution in [0.5, 0.6) is 0 Å². The minimum atomic E-state index is 0.208. The Bertz CT molecular complexity index is 552. The van der Waals surface area contributed by atoms with Crippen molar-refractivity contribution < 1.29 is 0 Å². The Morgan fingerprint density at radius 1 is 1.41 bits per heavy atom. The Kier molecular flexibility index (Phi) is 2.76. The van der Waals surface area contributed by atoms with Gasteiger partial charge in [0.15, 0.2) is 0 Å². The summed E-state index contributed by atoms with van der Waals surface area (Å²) in [5.74, 6) is 1.64. The van der Waals surface area contributed by atoms with E-state index in [4.69, 9.17) is 17.3 Å². The van der Waals surface area contributed by atoms with E-state index in [0.29, 0.717) is 10.8 Å². The first-order valence-electron chi connectivity index (χ1n) is 5.47. The second-order valence-corrected chi connectivity index (χ2v) is 5.56. The van der Waals surface area contributed by atoms with Gasteiger partial charge in [-0.1, -0.05) is 29.8 Å². The fourth-order valence-electron chi connectivity index (χ4n) is 2.18. The number of anilines is 1. The van der Waals surface area contributed by atoms with Gasteiger partial charge in [-0.2, -0.15) is 5.10 Å². The molecule has 3 rings (SSSR count). The highest BCUT2D eigenvalue weighted by molar-refractivity contribution is 7.99. The van der Waals surface area contributed by atoms with Crippen LogP contribution in [0.15, 0.2) is 35.4 Å². The van der Waals surface area contributed by atoms with Crippen LogP contribution < -0.4 is 5.73 Å². The van der Waals surface area contributed by atoms with Gasteiger partial charge < -0.3 is 5.73 Å². The quantitative estimate of drug-likeness (QED) is 0.861. The first-order chi connectivity index (χ1) is 8.27. The third-order valence-corrected chi connectivity index (χ3v) is 4.42. The first-order valence-corrected chi connectivity index (χ1v) is 6.84. The first kappa shape index (κ1) is 11.0. The van der Waals surface area contributed by atoms with Crippen LogP contribution in [0.3, 0.4) is 0 Å². The van der Waals surface area contributed by atoms with Gasteiger partial charge >= 0.3 is 0 Å². The number of hydrogen-bond acceptors (Lipinski definition) is 3. The Morgan fingerprint density at radius 3 is 3.00 bits per heavy atom. The summed E-state index contributed by atoms with van der Waals surface area (Å²) in [6, 6.07) is 8.61. The molecule has 2 heterocycles. The Hall–Kier alpha value is -1.13. The van der Waals surface area contributed by atoms with Gasteiger partial charge in [0.1, 0.15) is 10.8 Å². The van der Waals surface area contributed by atoms with Crippen LogP contribution in [0, 0.1) is 0 Å². The fourth-order valence-corrected chi connectivity index (χ4v) is 3.41. The molecule has 5 heteroatoms. The van der Waals surface area contributed by atoms with Gasteiger partial charge in [0.25, 0.3) is 0 Å². The molecule has 1 atom stereocenters. The van der Waals surface area contributed by atoms with E-state index >= 15 is 0 Å². The van der Waals surface area contributed by atoms with Gasteiger partial charge in [0, 0.05) is 10.6 Å². The highest BCUT2D eigenvalue weighted by Crippen LogP contribution is 2.39. The van der Waals surface area contributed by atoms with Gasteiger partial charge in [-0.25, -0.2) is 4.68 Å². The van der Waals surface area contributed by atoms with Crippen LogP contribution in [0.1, 0.15) is 18.0 Å². The molecule has 0 saturated carbocycles. The van der Waals surface area contributed by atoms with E-state index in [1.165, 1.54) is 10.5 Å². The molecule has 1 unspecified atom stereocenters.